The van der Waals surface area contributed by atoms with Crippen molar-refractivity contribution in [1.29, 1.82) is 0 Å². The van der Waals surface area contributed by atoms with Crippen molar-refractivity contribution in [2.24, 2.45) is 0 Å². The zero-order valence-electron chi connectivity index (χ0n) is 13.2. The molecule has 1 N–H and O–H groups in total. The molecule has 0 radical (unpaired) electrons. The minimum Gasteiger partial charge on any atom is -0.456 e. The van der Waals surface area contributed by atoms with Gasteiger partial charge in [0.1, 0.15) is 0 Å². The van der Waals surface area contributed by atoms with E-state index in [-0.39, 0.29) is 23.7 Å². The van der Waals surface area contributed by atoms with Gasteiger partial charge in [0, 0.05) is 16.7 Å². The number of thioether (sulfide) groups is 1. The Balaban J connectivity index is 1.63. The van der Waals surface area contributed by atoms with Crippen LogP contribution in [0.4, 0.5) is 8.78 Å². The van der Waals surface area contributed by atoms with Gasteiger partial charge < -0.3 is 10.1 Å². The van der Waals surface area contributed by atoms with E-state index in [2.05, 4.69) is 5.32 Å². The largest absolute Gasteiger partial charge is 0.456 e. The third kappa shape index (κ3) is 6.62. The summed E-state index contributed by atoms with van der Waals surface area (Å²) in [5, 5.41) is 2.51. The van der Waals surface area contributed by atoms with Crippen LogP contribution in [0.2, 0.25) is 0 Å². The first-order valence-electron chi connectivity index (χ1n) is 7.48. The Labute approximate surface area is 148 Å². The Morgan fingerprint density at radius 3 is 2.68 bits per heavy atom. The van der Waals surface area contributed by atoms with Crippen LogP contribution < -0.4 is 5.32 Å². The fourth-order valence-corrected chi connectivity index (χ4v) is 4.74. The molecule has 1 aliphatic rings. The molecule has 6 nitrogen and oxygen atoms in total. The van der Waals surface area contributed by atoms with Crippen molar-refractivity contribution in [2.75, 3.05) is 23.9 Å². The third-order valence-corrected chi connectivity index (χ3v) is 6.19. The maximum atomic E-state index is 13.0. The molecule has 1 saturated heterocycles. The normalized spacial score (nSPS) is 18.7. The highest BCUT2D eigenvalue weighted by Gasteiger charge is 2.28. The number of rotatable bonds is 7. The highest BCUT2D eigenvalue weighted by molar-refractivity contribution is 7.99. The second-order valence-corrected chi connectivity index (χ2v) is 8.90. The zero-order valence-corrected chi connectivity index (χ0v) is 14.8. The molecule has 1 aromatic rings. The molecule has 1 fully saturated rings. The Bertz CT molecular complexity index is 754. The van der Waals surface area contributed by atoms with Crippen molar-refractivity contribution in [3.8, 4) is 0 Å². The van der Waals surface area contributed by atoms with Gasteiger partial charge in [0.05, 0.1) is 17.9 Å². The molecule has 1 amide bonds. The van der Waals surface area contributed by atoms with Gasteiger partial charge in [-0.2, -0.15) is 0 Å². The number of amides is 1. The molecule has 1 atom stereocenters. The van der Waals surface area contributed by atoms with Crippen molar-refractivity contribution >= 4 is 33.5 Å². The van der Waals surface area contributed by atoms with E-state index in [9.17, 15) is 26.8 Å². The fraction of sp³-hybridized carbons (Fsp3) is 0.467. The molecular formula is C15H17F2NO5S2. The molecule has 10 heteroatoms. The second-order valence-electron chi connectivity index (χ2n) is 5.50. The van der Waals surface area contributed by atoms with Crippen molar-refractivity contribution in [3.05, 3.63) is 29.8 Å². The average Bonchev–Trinajstić information content (AvgIpc) is 2.87. The number of carbonyl (C=O) groups excluding carboxylic acids is 2. The van der Waals surface area contributed by atoms with Gasteiger partial charge >= 0.3 is 5.97 Å². The van der Waals surface area contributed by atoms with Crippen LogP contribution in [0, 0.1) is 11.6 Å². The summed E-state index contributed by atoms with van der Waals surface area (Å²) in [6.07, 6.45) is 0.349. The first-order valence-corrected chi connectivity index (χ1v) is 10.3. The van der Waals surface area contributed by atoms with Crippen LogP contribution in [-0.2, 0) is 24.2 Å². The average molecular weight is 393 g/mol. The molecule has 0 spiro atoms. The Morgan fingerprint density at radius 2 is 2.04 bits per heavy atom. The first-order chi connectivity index (χ1) is 11.7. The molecule has 1 heterocycles. The van der Waals surface area contributed by atoms with E-state index in [1.807, 2.05) is 0 Å². The molecule has 25 heavy (non-hydrogen) atoms. The van der Waals surface area contributed by atoms with Gasteiger partial charge in [-0.25, -0.2) is 17.2 Å². The number of sulfone groups is 1. The van der Waals surface area contributed by atoms with E-state index in [0.29, 0.717) is 11.3 Å². The van der Waals surface area contributed by atoms with Gasteiger partial charge in [-0.1, -0.05) is 0 Å². The lowest BCUT2D eigenvalue weighted by Gasteiger charge is -2.11. The van der Waals surface area contributed by atoms with E-state index >= 15 is 0 Å². The summed E-state index contributed by atoms with van der Waals surface area (Å²) in [4.78, 5) is 23.6. The SMILES string of the molecule is O=C(COC(=O)CCSc1ccc(F)c(F)c1)N[C@@H]1CCS(=O)(=O)C1. The number of nitrogens with one attached hydrogen (secondary N) is 1. The lowest BCUT2D eigenvalue weighted by Crippen LogP contribution is -2.38. The summed E-state index contributed by atoms with van der Waals surface area (Å²) in [6.45, 7) is -0.481. The predicted octanol–water partition coefficient (Wildman–Crippen LogP) is 1.29. The fourth-order valence-electron chi connectivity index (χ4n) is 2.22. The summed E-state index contributed by atoms with van der Waals surface area (Å²) >= 11 is 1.16. The quantitative estimate of drug-likeness (QED) is 0.555. The van der Waals surface area contributed by atoms with Gasteiger partial charge in [-0.15, -0.1) is 11.8 Å². The molecule has 0 aromatic heterocycles. The standard InChI is InChI=1S/C15H17F2NO5S2/c16-12-2-1-11(7-13(12)17)24-5-3-15(20)23-8-14(19)18-10-4-6-25(21,22)9-10/h1-2,7,10H,3-6,8-9H2,(H,18,19)/t10-/m1/s1. The molecule has 0 aliphatic carbocycles. The van der Waals surface area contributed by atoms with Crippen LogP contribution >= 0.6 is 11.8 Å². The van der Waals surface area contributed by atoms with Gasteiger partial charge in [0.15, 0.2) is 28.1 Å². The number of hydrogen-bond acceptors (Lipinski definition) is 6. The molecule has 0 unspecified atom stereocenters. The van der Waals surface area contributed by atoms with Crippen molar-refractivity contribution < 1.29 is 31.5 Å². The highest BCUT2D eigenvalue weighted by atomic mass is 32.2. The Morgan fingerprint density at radius 1 is 1.28 bits per heavy atom. The van der Waals surface area contributed by atoms with Crippen molar-refractivity contribution in [3.63, 3.8) is 0 Å². The number of hydrogen-bond donors (Lipinski definition) is 1. The van der Waals surface area contributed by atoms with Crippen LogP contribution in [-0.4, -0.2) is 50.2 Å². The molecule has 2 rings (SSSR count). The van der Waals surface area contributed by atoms with Crippen LogP contribution in [0.1, 0.15) is 12.8 Å². The van der Waals surface area contributed by atoms with Gasteiger partial charge in [0.2, 0.25) is 0 Å². The van der Waals surface area contributed by atoms with Crippen molar-refractivity contribution in [2.45, 2.75) is 23.8 Å². The maximum absolute atomic E-state index is 13.0. The monoisotopic (exact) mass is 393 g/mol. The van der Waals surface area contributed by atoms with E-state index in [0.717, 1.165) is 23.9 Å². The van der Waals surface area contributed by atoms with E-state index in [1.54, 1.807) is 0 Å². The maximum Gasteiger partial charge on any atom is 0.307 e. The van der Waals surface area contributed by atoms with Crippen LogP contribution in [0.25, 0.3) is 0 Å². The summed E-state index contributed by atoms with van der Waals surface area (Å²) < 4.78 is 53.2. The summed E-state index contributed by atoms with van der Waals surface area (Å²) in [5.41, 5.74) is 0. The smallest absolute Gasteiger partial charge is 0.307 e. The topological polar surface area (TPSA) is 89.5 Å². The zero-order chi connectivity index (χ0) is 18.4. The van der Waals surface area contributed by atoms with Gasteiger partial charge in [0.25, 0.3) is 5.91 Å². The van der Waals surface area contributed by atoms with Crippen LogP contribution in [0.15, 0.2) is 23.1 Å². The van der Waals surface area contributed by atoms with Gasteiger partial charge in [-0.3, -0.25) is 9.59 Å². The molecular weight excluding hydrogens is 376 g/mol. The lowest BCUT2D eigenvalue weighted by atomic mass is 10.2. The van der Waals surface area contributed by atoms with Gasteiger partial charge in [-0.05, 0) is 24.6 Å². The van der Waals surface area contributed by atoms with Crippen molar-refractivity contribution in [1.82, 2.24) is 5.32 Å². The minimum atomic E-state index is -3.09. The lowest BCUT2D eigenvalue weighted by molar-refractivity contribution is -0.148. The van der Waals surface area contributed by atoms with E-state index in [1.165, 1.54) is 6.07 Å². The molecule has 0 bridgehead atoms. The number of carbonyl (C=O) groups is 2. The molecule has 138 valence electrons. The summed E-state index contributed by atoms with van der Waals surface area (Å²) in [5.74, 6) is -2.83. The summed E-state index contributed by atoms with van der Waals surface area (Å²) in [7, 11) is -3.09. The second kappa shape index (κ2) is 8.61. The third-order valence-electron chi connectivity index (χ3n) is 3.43. The molecule has 1 aromatic carbocycles. The van der Waals surface area contributed by atoms with Crippen LogP contribution in [0.5, 0.6) is 0 Å². The number of halogens is 2. The van der Waals surface area contributed by atoms with Crippen LogP contribution in [0.3, 0.4) is 0 Å². The molecule has 1 aliphatic heterocycles. The highest BCUT2D eigenvalue weighted by Crippen LogP contribution is 2.21. The Hall–Kier alpha value is -1.68. The Kier molecular flexibility index (Phi) is 6.77. The molecule has 0 saturated carbocycles. The van der Waals surface area contributed by atoms with E-state index in [4.69, 9.17) is 4.74 Å². The minimum absolute atomic E-state index is 0.00521. The number of esters is 1. The summed E-state index contributed by atoms with van der Waals surface area (Å²) in [6, 6.07) is 3.00. The first kappa shape index (κ1) is 19.6. The number of ether oxygens (including phenoxy) is 1. The van der Waals surface area contributed by atoms with E-state index < -0.39 is 46.0 Å². The predicted molar refractivity (Wildman–Crippen MR) is 87.9 cm³/mol. The number of benzene rings is 1.